The van der Waals surface area contributed by atoms with E-state index in [4.69, 9.17) is 10.00 Å². The maximum atomic E-state index is 12.2. The van der Waals surface area contributed by atoms with E-state index in [0.29, 0.717) is 12.0 Å². The molecule has 2 rings (SSSR count). The molecule has 1 atom stereocenters. The van der Waals surface area contributed by atoms with Gasteiger partial charge in [0.15, 0.2) is 0 Å². The summed E-state index contributed by atoms with van der Waals surface area (Å²) in [6, 6.07) is 4.89. The Hall–Kier alpha value is -2.30. The van der Waals surface area contributed by atoms with E-state index < -0.39 is 24.6 Å². The highest BCUT2D eigenvalue weighted by atomic mass is 19.4. The van der Waals surface area contributed by atoms with E-state index >= 15 is 0 Å². The number of pyridine rings is 1. The molecule has 1 aliphatic heterocycles. The SMILES string of the molecule is N#Cc1ccnc(OC2CCN(C(=O)CC(F)(F)F)C2)c1. The molecule has 1 aliphatic rings. The number of likely N-dealkylation sites (tertiary alicyclic amines) is 1. The second-order valence-corrected chi connectivity index (χ2v) is 4.65. The molecule has 1 aromatic heterocycles. The summed E-state index contributed by atoms with van der Waals surface area (Å²) in [6.45, 7) is 0.310. The predicted molar refractivity (Wildman–Crippen MR) is 65.2 cm³/mol. The molecule has 21 heavy (non-hydrogen) atoms. The first-order chi connectivity index (χ1) is 9.87. The minimum absolute atomic E-state index is 0.0906. The number of halogens is 3. The molecule has 1 fully saturated rings. The standard InChI is InChI=1S/C13H12F3N3O2/c14-13(15,16)6-12(20)19-4-2-10(8-19)21-11-5-9(7-17)1-3-18-11/h1,3,5,10H,2,4,6,8H2. The third-order valence-corrected chi connectivity index (χ3v) is 3.00. The molecule has 0 N–H and O–H groups in total. The van der Waals surface area contributed by atoms with Crippen LogP contribution >= 0.6 is 0 Å². The molecule has 1 amide bonds. The van der Waals surface area contributed by atoms with Crippen LogP contribution in [0.2, 0.25) is 0 Å². The van der Waals surface area contributed by atoms with Crippen molar-refractivity contribution >= 4 is 5.91 Å². The molecule has 5 nitrogen and oxygen atoms in total. The summed E-state index contributed by atoms with van der Waals surface area (Å²) in [5.41, 5.74) is 0.378. The second kappa shape index (κ2) is 5.99. The van der Waals surface area contributed by atoms with Crippen LogP contribution in [-0.2, 0) is 4.79 Å². The lowest BCUT2D eigenvalue weighted by Crippen LogP contribution is -2.33. The Kier molecular flexibility index (Phi) is 4.31. The molecule has 0 aliphatic carbocycles. The molecule has 8 heteroatoms. The van der Waals surface area contributed by atoms with Crippen molar-refractivity contribution < 1.29 is 22.7 Å². The topological polar surface area (TPSA) is 66.2 Å². The Morgan fingerprint density at radius 2 is 2.33 bits per heavy atom. The Labute approximate surface area is 118 Å². The lowest BCUT2D eigenvalue weighted by atomic mass is 10.3. The highest BCUT2D eigenvalue weighted by Crippen LogP contribution is 2.23. The number of nitriles is 1. The zero-order chi connectivity index (χ0) is 15.5. The highest BCUT2D eigenvalue weighted by molar-refractivity contribution is 5.77. The van der Waals surface area contributed by atoms with Crippen LogP contribution in [0.1, 0.15) is 18.4 Å². The van der Waals surface area contributed by atoms with Crippen LogP contribution in [0.4, 0.5) is 13.2 Å². The average Bonchev–Trinajstić information content (AvgIpc) is 2.85. The van der Waals surface area contributed by atoms with Crippen LogP contribution in [0.25, 0.3) is 0 Å². The molecule has 0 aromatic carbocycles. The van der Waals surface area contributed by atoms with Crippen LogP contribution in [0.5, 0.6) is 5.88 Å². The number of alkyl halides is 3. The molecule has 0 radical (unpaired) electrons. The molecule has 0 saturated carbocycles. The summed E-state index contributed by atoms with van der Waals surface area (Å²) < 4.78 is 42.0. The lowest BCUT2D eigenvalue weighted by molar-refractivity contribution is -0.160. The van der Waals surface area contributed by atoms with Gasteiger partial charge in [0.05, 0.1) is 18.2 Å². The molecule has 0 spiro atoms. The van der Waals surface area contributed by atoms with Crippen molar-refractivity contribution in [3.05, 3.63) is 23.9 Å². The predicted octanol–water partition coefficient (Wildman–Crippen LogP) is 1.89. The number of nitrogens with zero attached hydrogens (tertiary/aromatic N) is 3. The molecule has 1 saturated heterocycles. The molecule has 112 valence electrons. The van der Waals surface area contributed by atoms with Crippen LogP contribution in [-0.4, -0.2) is 41.2 Å². The largest absolute Gasteiger partial charge is 0.472 e. The maximum absolute atomic E-state index is 12.2. The van der Waals surface area contributed by atoms with Crippen molar-refractivity contribution in [1.29, 1.82) is 5.26 Å². The van der Waals surface area contributed by atoms with Gasteiger partial charge in [-0.15, -0.1) is 0 Å². The van der Waals surface area contributed by atoms with E-state index in [1.165, 1.54) is 18.3 Å². The smallest absolute Gasteiger partial charge is 0.397 e. The number of amides is 1. The van der Waals surface area contributed by atoms with Gasteiger partial charge in [0.2, 0.25) is 11.8 Å². The van der Waals surface area contributed by atoms with E-state index in [0.717, 1.165) is 4.90 Å². The van der Waals surface area contributed by atoms with E-state index in [-0.39, 0.29) is 19.0 Å². The van der Waals surface area contributed by atoms with E-state index in [9.17, 15) is 18.0 Å². The summed E-state index contributed by atoms with van der Waals surface area (Å²) in [6.07, 6.45) is -4.53. The first kappa shape index (κ1) is 15.1. The first-order valence-corrected chi connectivity index (χ1v) is 6.25. The molecule has 2 heterocycles. The van der Waals surface area contributed by atoms with Crippen LogP contribution in [0.3, 0.4) is 0 Å². The van der Waals surface area contributed by atoms with Crippen molar-refractivity contribution in [2.24, 2.45) is 0 Å². The van der Waals surface area contributed by atoms with E-state index in [2.05, 4.69) is 4.98 Å². The van der Waals surface area contributed by atoms with Crippen molar-refractivity contribution in [3.63, 3.8) is 0 Å². The van der Waals surface area contributed by atoms with Gasteiger partial charge in [-0.2, -0.15) is 18.4 Å². The number of hydrogen-bond donors (Lipinski definition) is 0. The fourth-order valence-electron chi connectivity index (χ4n) is 2.05. The van der Waals surface area contributed by atoms with E-state index in [1.807, 2.05) is 6.07 Å². The lowest BCUT2D eigenvalue weighted by Gasteiger charge is -2.17. The number of carbonyl (C=O) groups excluding carboxylic acids is 1. The van der Waals surface area contributed by atoms with Gasteiger partial charge >= 0.3 is 6.18 Å². The molecule has 0 bridgehead atoms. The number of hydrogen-bond acceptors (Lipinski definition) is 4. The van der Waals surface area contributed by atoms with Crippen molar-refractivity contribution in [3.8, 4) is 11.9 Å². The highest BCUT2D eigenvalue weighted by Gasteiger charge is 2.36. The van der Waals surface area contributed by atoms with Crippen LogP contribution in [0.15, 0.2) is 18.3 Å². The fourth-order valence-corrected chi connectivity index (χ4v) is 2.05. The third kappa shape index (κ3) is 4.34. The van der Waals surface area contributed by atoms with Crippen molar-refractivity contribution in [2.45, 2.75) is 25.1 Å². The van der Waals surface area contributed by atoms with Gasteiger partial charge in [-0.1, -0.05) is 0 Å². The van der Waals surface area contributed by atoms with Gasteiger partial charge in [0, 0.05) is 25.2 Å². The van der Waals surface area contributed by atoms with Gasteiger partial charge in [0.25, 0.3) is 0 Å². The Balaban J connectivity index is 1.91. The Morgan fingerprint density at radius 3 is 3.00 bits per heavy atom. The average molecular weight is 299 g/mol. The van der Waals surface area contributed by atoms with Gasteiger partial charge in [-0.25, -0.2) is 4.98 Å². The van der Waals surface area contributed by atoms with Gasteiger partial charge in [-0.3, -0.25) is 4.79 Å². The quantitative estimate of drug-likeness (QED) is 0.855. The number of ether oxygens (including phenoxy) is 1. The normalized spacial score (nSPS) is 18.4. The first-order valence-electron chi connectivity index (χ1n) is 6.25. The summed E-state index contributed by atoms with van der Waals surface area (Å²) in [5, 5.41) is 8.75. The fraction of sp³-hybridized carbons (Fsp3) is 0.462. The summed E-state index contributed by atoms with van der Waals surface area (Å²) >= 11 is 0. The molecular weight excluding hydrogens is 287 g/mol. The Bertz CT molecular complexity index is 569. The molecular formula is C13H12F3N3O2. The number of aromatic nitrogens is 1. The van der Waals surface area contributed by atoms with E-state index in [1.54, 1.807) is 0 Å². The van der Waals surface area contributed by atoms with Gasteiger partial charge in [-0.05, 0) is 6.07 Å². The number of carbonyl (C=O) groups is 1. The zero-order valence-electron chi connectivity index (χ0n) is 10.9. The minimum Gasteiger partial charge on any atom is -0.472 e. The summed E-state index contributed by atoms with van der Waals surface area (Å²) in [4.78, 5) is 16.5. The monoisotopic (exact) mass is 299 g/mol. The van der Waals surface area contributed by atoms with Crippen LogP contribution in [0, 0.1) is 11.3 Å². The maximum Gasteiger partial charge on any atom is 0.397 e. The van der Waals surface area contributed by atoms with Gasteiger partial charge in [0.1, 0.15) is 12.5 Å². The molecule has 1 unspecified atom stereocenters. The summed E-state index contributed by atoms with van der Waals surface area (Å²) in [5.74, 6) is -0.725. The van der Waals surface area contributed by atoms with Crippen molar-refractivity contribution in [2.75, 3.05) is 13.1 Å². The second-order valence-electron chi connectivity index (χ2n) is 4.65. The van der Waals surface area contributed by atoms with Crippen molar-refractivity contribution in [1.82, 2.24) is 9.88 Å². The summed E-state index contributed by atoms with van der Waals surface area (Å²) in [7, 11) is 0. The molecule has 1 aromatic rings. The zero-order valence-corrected chi connectivity index (χ0v) is 10.9. The van der Waals surface area contributed by atoms with Gasteiger partial charge < -0.3 is 9.64 Å². The number of rotatable bonds is 3. The Morgan fingerprint density at radius 1 is 1.57 bits per heavy atom. The minimum atomic E-state index is -4.50. The van der Waals surface area contributed by atoms with Crippen LogP contribution < -0.4 is 4.74 Å². The third-order valence-electron chi connectivity index (χ3n) is 3.00.